The summed E-state index contributed by atoms with van der Waals surface area (Å²) < 4.78 is 16.1. The van der Waals surface area contributed by atoms with Gasteiger partial charge in [0.15, 0.2) is 5.41 Å². The first kappa shape index (κ1) is 22.0. The molecular weight excluding hydrogens is 422 g/mol. The summed E-state index contributed by atoms with van der Waals surface area (Å²) in [6.45, 7) is 3.49. The van der Waals surface area contributed by atoms with Gasteiger partial charge >= 0.3 is 5.97 Å². The van der Waals surface area contributed by atoms with Gasteiger partial charge in [0.25, 0.3) is 0 Å². The number of carbonyl (C=O) groups excluding carboxylic acids is 2. The summed E-state index contributed by atoms with van der Waals surface area (Å²) in [4.78, 5) is 28.9. The Morgan fingerprint density at radius 3 is 2.70 bits per heavy atom. The molecule has 2 aliphatic heterocycles. The van der Waals surface area contributed by atoms with Crippen LogP contribution in [0.4, 0.5) is 5.69 Å². The van der Waals surface area contributed by atoms with E-state index in [-0.39, 0.29) is 35.9 Å². The quantitative estimate of drug-likeness (QED) is 0.704. The molecule has 0 saturated carbocycles. The van der Waals surface area contributed by atoms with Crippen LogP contribution < -0.4 is 15.4 Å². The molecule has 0 fully saturated rings. The number of hydrogen-bond donors (Lipinski definition) is 1. The molecule has 2 aromatic carbocycles. The van der Waals surface area contributed by atoms with Crippen molar-refractivity contribution in [3.05, 3.63) is 82.4 Å². The summed E-state index contributed by atoms with van der Waals surface area (Å²) in [5.74, 6) is -0.651. The first-order chi connectivity index (χ1) is 15.9. The van der Waals surface area contributed by atoms with Crippen molar-refractivity contribution in [2.45, 2.75) is 25.8 Å². The van der Waals surface area contributed by atoms with Gasteiger partial charge in [-0.3, -0.25) is 4.79 Å². The summed E-state index contributed by atoms with van der Waals surface area (Å²) in [5.41, 5.74) is 6.01. The van der Waals surface area contributed by atoms with Gasteiger partial charge in [0.1, 0.15) is 28.7 Å². The maximum Gasteiger partial charge on any atom is 0.339 e. The lowest BCUT2D eigenvalue weighted by Crippen LogP contribution is -2.48. The van der Waals surface area contributed by atoms with Crippen molar-refractivity contribution in [1.29, 1.82) is 5.26 Å². The normalized spacial score (nSPS) is 19.3. The number of carbonyl (C=O) groups is 2. The molecule has 0 aromatic heterocycles. The van der Waals surface area contributed by atoms with Gasteiger partial charge in [0, 0.05) is 11.3 Å². The minimum atomic E-state index is -1.76. The van der Waals surface area contributed by atoms with Crippen LogP contribution in [0.1, 0.15) is 25.0 Å². The van der Waals surface area contributed by atoms with E-state index in [1.807, 2.05) is 30.3 Å². The van der Waals surface area contributed by atoms with E-state index in [2.05, 4.69) is 0 Å². The van der Waals surface area contributed by atoms with Gasteiger partial charge in [0.05, 0.1) is 20.3 Å². The molecule has 0 bridgehead atoms. The molecule has 4 rings (SSSR count). The lowest BCUT2D eigenvalue weighted by atomic mass is 9.68. The predicted octanol–water partition coefficient (Wildman–Crippen LogP) is 3.04. The Morgan fingerprint density at radius 1 is 1.24 bits per heavy atom. The van der Waals surface area contributed by atoms with E-state index in [0.717, 1.165) is 5.56 Å². The maximum absolute atomic E-state index is 14.2. The van der Waals surface area contributed by atoms with Crippen LogP contribution in [0.2, 0.25) is 0 Å². The smallest absolute Gasteiger partial charge is 0.339 e. The molecule has 33 heavy (non-hydrogen) atoms. The molecule has 168 valence electrons. The summed E-state index contributed by atoms with van der Waals surface area (Å²) >= 11 is 0. The summed E-state index contributed by atoms with van der Waals surface area (Å²) in [6, 6.07) is 16.4. The second-order valence-electron chi connectivity index (χ2n) is 7.61. The highest BCUT2D eigenvalue weighted by molar-refractivity contribution is 6.18. The number of benzene rings is 2. The van der Waals surface area contributed by atoms with Crippen molar-refractivity contribution >= 4 is 17.6 Å². The molecule has 2 aromatic rings. The fourth-order valence-corrected chi connectivity index (χ4v) is 4.53. The molecule has 1 spiro atoms. The lowest BCUT2D eigenvalue weighted by Gasteiger charge is -2.34. The fraction of sp³-hybridized carbons (Fsp3) is 0.240. The average Bonchev–Trinajstić information content (AvgIpc) is 3.03. The topological polar surface area (TPSA) is 115 Å². The maximum atomic E-state index is 14.2. The van der Waals surface area contributed by atoms with E-state index in [4.69, 9.17) is 19.9 Å². The van der Waals surface area contributed by atoms with Crippen LogP contribution in [-0.4, -0.2) is 25.6 Å². The van der Waals surface area contributed by atoms with Gasteiger partial charge in [-0.25, -0.2) is 4.79 Å². The minimum Gasteiger partial charge on any atom is -0.497 e. The fourth-order valence-electron chi connectivity index (χ4n) is 4.53. The predicted molar refractivity (Wildman–Crippen MR) is 120 cm³/mol. The largest absolute Gasteiger partial charge is 0.497 e. The van der Waals surface area contributed by atoms with Crippen LogP contribution in [0.5, 0.6) is 5.75 Å². The number of amides is 1. The van der Waals surface area contributed by atoms with Gasteiger partial charge in [-0.05, 0) is 37.6 Å². The molecule has 1 unspecified atom stereocenters. The molecule has 0 aliphatic carbocycles. The third-order valence-electron chi connectivity index (χ3n) is 5.84. The molecule has 0 radical (unpaired) electrons. The number of methoxy groups -OCH3 is 1. The first-order valence-electron chi connectivity index (χ1n) is 10.4. The number of rotatable bonds is 5. The highest BCUT2D eigenvalue weighted by Gasteiger charge is 2.62. The Morgan fingerprint density at radius 2 is 2.00 bits per heavy atom. The Kier molecular flexibility index (Phi) is 5.56. The van der Waals surface area contributed by atoms with Crippen molar-refractivity contribution in [2.75, 3.05) is 18.6 Å². The first-order valence-corrected chi connectivity index (χ1v) is 10.4. The van der Waals surface area contributed by atoms with E-state index in [1.165, 1.54) is 6.92 Å². The number of anilines is 1. The van der Waals surface area contributed by atoms with Crippen molar-refractivity contribution < 1.29 is 23.8 Å². The molecule has 8 nitrogen and oxygen atoms in total. The Hall–Kier alpha value is -4.25. The zero-order chi connectivity index (χ0) is 23.8. The zero-order valence-corrected chi connectivity index (χ0v) is 18.5. The van der Waals surface area contributed by atoms with E-state index in [1.54, 1.807) is 43.2 Å². The number of esters is 1. The lowest BCUT2D eigenvalue weighted by molar-refractivity contribution is -0.141. The second-order valence-corrected chi connectivity index (χ2v) is 7.61. The zero-order valence-electron chi connectivity index (χ0n) is 18.5. The summed E-state index contributed by atoms with van der Waals surface area (Å²) in [5, 5.41) is 10.1. The van der Waals surface area contributed by atoms with Gasteiger partial charge in [-0.15, -0.1) is 0 Å². The van der Waals surface area contributed by atoms with Crippen LogP contribution in [0, 0.1) is 11.3 Å². The third kappa shape index (κ3) is 3.21. The Bertz CT molecular complexity index is 1260. The number of para-hydroxylation sites is 1. The van der Waals surface area contributed by atoms with Crippen LogP contribution in [0.15, 0.2) is 71.3 Å². The molecule has 2 heterocycles. The number of nitrogens with zero attached hydrogens (tertiary/aromatic N) is 2. The second kappa shape index (κ2) is 8.36. The Balaban J connectivity index is 1.96. The number of nitriles is 1. The highest BCUT2D eigenvalue weighted by Crippen LogP contribution is 2.54. The third-order valence-corrected chi connectivity index (χ3v) is 5.84. The number of hydrogen-bond acceptors (Lipinski definition) is 7. The van der Waals surface area contributed by atoms with Crippen LogP contribution >= 0.6 is 0 Å². The highest BCUT2D eigenvalue weighted by atomic mass is 16.5. The summed E-state index contributed by atoms with van der Waals surface area (Å²) in [7, 11) is 1.57. The van der Waals surface area contributed by atoms with Gasteiger partial charge in [-0.1, -0.05) is 30.3 Å². The van der Waals surface area contributed by atoms with Gasteiger partial charge in [0.2, 0.25) is 11.8 Å². The van der Waals surface area contributed by atoms with Crippen molar-refractivity contribution in [3.8, 4) is 11.8 Å². The molecule has 1 amide bonds. The standard InChI is InChI=1S/C25H23N3O5/c1-4-32-23(29)21-15(2)33-22(27)19(13-26)25(21)18-10-5-6-11-20(18)28(24(25)30)14-16-8-7-9-17(12-16)31-3/h5-12H,4,14,27H2,1-3H3. The molecule has 8 heteroatoms. The number of allylic oxidation sites excluding steroid dienone is 1. The Labute approximate surface area is 191 Å². The minimum absolute atomic E-state index is 0.0410. The molecule has 1 atom stereocenters. The van der Waals surface area contributed by atoms with Crippen molar-refractivity contribution in [2.24, 2.45) is 5.73 Å². The van der Waals surface area contributed by atoms with E-state index in [9.17, 15) is 14.9 Å². The summed E-state index contributed by atoms with van der Waals surface area (Å²) in [6.07, 6.45) is 0. The molecular formula is C25H23N3O5. The SMILES string of the molecule is CCOC(=O)C1=C(C)OC(N)=C(C#N)C12C(=O)N(Cc1cccc(OC)c1)c1ccccc12. The molecule has 2 aliphatic rings. The van der Waals surface area contributed by atoms with Crippen LogP contribution in [0.25, 0.3) is 0 Å². The number of fused-ring (bicyclic) bond motifs is 2. The number of nitrogens with two attached hydrogens (primary N) is 1. The van der Waals surface area contributed by atoms with Crippen molar-refractivity contribution in [3.63, 3.8) is 0 Å². The van der Waals surface area contributed by atoms with Crippen LogP contribution in [0.3, 0.4) is 0 Å². The number of ether oxygens (including phenoxy) is 3. The molecule has 2 N–H and O–H groups in total. The van der Waals surface area contributed by atoms with E-state index >= 15 is 0 Å². The van der Waals surface area contributed by atoms with Gasteiger partial charge < -0.3 is 24.8 Å². The monoisotopic (exact) mass is 445 g/mol. The van der Waals surface area contributed by atoms with Gasteiger partial charge in [-0.2, -0.15) is 5.26 Å². The van der Waals surface area contributed by atoms with Crippen LogP contribution in [-0.2, 0) is 31.0 Å². The molecule has 0 saturated heterocycles. The average molecular weight is 445 g/mol. The van der Waals surface area contributed by atoms with Crippen molar-refractivity contribution in [1.82, 2.24) is 0 Å². The van der Waals surface area contributed by atoms with E-state index < -0.39 is 17.3 Å². The van der Waals surface area contributed by atoms with E-state index in [0.29, 0.717) is 17.0 Å².